The molecule has 1 rings (SSSR count). The summed E-state index contributed by atoms with van der Waals surface area (Å²) in [6.45, 7) is 2.15. The van der Waals surface area contributed by atoms with Gasteiger partial charge < -0.3 is 0 Å². The van der Waals surface area contributed by atoms with E-state index < -0.39 is 0 Å². The van der Waals surface area contributed by atoms with Gasteiger partial charge in [-0.25, -0.2) is 0 Å². The van der Waals surface area contributed by atoms with Crippen LogP contribution < -0.4 is 0 Å². The van der Waals surface area contributed by atoms with Crippen LogP contribution in [0.1, 0.15) is 19.8 Å². The van der Waals surface area contributed by atoms with E-state index in [2.05, 4.69) is 37.3 Å². The minimum Gasteiger partial charge on any atom is -0.0842 e. The summed E-state index contributed by atoms with van der Waals surface area (Å²) in [5, 5.41) is 0. The van der Waals surface area contributed by atoms with Crippen molar-refractivity contribution in [1.82, 2.24) is 0 Å². The molecule has 1 aliphatic rings. The lowest BCUT2D eigenvalue weighted by Crippen LogP contribution is -1.62. The van der Waals surface area contributed by atoms with Crippen molar-refractivity contribution in [1.29, 1.82) is 0 Å². The van der Waals surface area contributed by atoms with Crippen molar-refractivity contribution in [3.8, 4) is 0 Å². The van der Waals surface area contributed by atoms with Gasteiger partial charge in [0.2, 0.25) is 0 Å². The van der Waals surface area contributed by atoms with Crippen LogP contribution in [0.15, 0.2) is 36.0 Å². The average molecular weight is 120 g/mol. The Morgan fingerprint density at radius 1 is 1.67 bits per heavy atom. The molecule has 0 radical (unpaired) electrons. The molecular weight excluding hydrogens is 108 g/mol. The SMILES string of the molecule is CCC=CC1=CCC=C1. The normalized spacial score (nSPS) is 17.2. The lowest BCUT2D eigenvalue weighted by molar-refractivity contribution is 1.22. The van der Waals surface area contributed by atoms with Gasteiger partial charge in [-0.15, -0.1) is 0 Å². The van der Waals surface area contributed by atoms with Crippen molar-refractivity contribution in [2.45, 2.75) is 19.8 Å². The highest BCUT2D eigenvalue weighted by atomic mass is 13.9. The third kappa shape index (κ3) is 1.88. The average Bonchev–Trinajstić information content (AvgIpc) is 2.34. The highest BCUT2D eigenvalue weighted by Gasteiger charge is 1.89. The fraction of sp³-hybridized carbons (Fsp3) is 0.333. The van der Waals surface area contributed by atoms with Crippen molar-refractivity contribution >= 4 is 0 Å². The number of hydrogen-bond donors (Lipinski definition) is 0. The monoisotopic (exact) mass is 120 g/mol. The Kier molecular flexibility index (Phi) is 2.32. The zero-order valence-corrected chi connectivity index (χ0v) is 5.80. The third-order valence-corrected chi connectivity index (χ3v) is 1.35. The largest absolute Gasteiger partial charge is 0.0842 e. The summed E-state index contributed by atoms with van der Waals surface area (Å²) in [6, 6.07) is 0. The van der Waals surface area contributed by atoms with E-state index in [0.29, 0.717) is 0 Å². The Balaban J connectivity index is 2.44. The molecule has 0 N–H and O–H groups in total. The van der Waals surface area contributed by atoms with E-state index in [1.54, 1.807) is 0 Å². The molecule has 0 spiro atoms. The van der Waals surface area contributed by atoms with Crippen LogP contribution in [0.4, 0.5) is 0 Å². The van der Waals surface area contributed by atoms with Crippen LogP contribution >= 0.6 is 0 Å². The first-order chi connectivity index (χ1) is 4.43. The molecule has 0 nitrogen and oxygen atoms in total. The second kappa shape index (κ2) is 3.29. The molecule has 0 aromatic carbocycles. The van der Waals surface area contributed by atoms with E-state index in [0.717, 1.165) is 12.8 Å². The molecule has 9 heavy (non-hydrogen) atoms. The minimum absolute atomic E-state index is 1.11. The Morgan fingerprint density at radius 3 is 3.11 bits per heavy atom. The van der Waals surface area contributed by atoms with Gasteiger partial charge in [-0.1, -0.05) is 37.3 Å². The van der Waals surface area contributed by atoms with E-state index in [4.69, 9.17) is 0 Å². The maximum atomic E-state index is 2.23. The molecule has 0 aromatic heterocycles. The highest BCUT2D eigenvalue weighted by molar-refractivity contribution is 5.35. The van der Waals surface area contributed by atoms with Gasteiger partial charge in [-0.05, 0) is 18.4 Å². The molecule has 0 aliphatic heterocycles. The standard InChI is InChI=1S/C9H12/c1-2-3-6-9-7-4-5-8-9/h3-4,6-8H,2,5H2,1H3. The molecule has 0 fully saturated rings. The number of rotatable bonds is 2. The van der Waals surface area contributed by atoms with E-state index in [1.165, 1.54) is 5.57 Å². The summed E-state index contributed by atoms with van der Waals surface area (Å²) < 4.78 is 0. The van der Waals surface area contributed by atoms with Gasteiger partial charge in [0.25, 0.3) is 0 Å². The van der Waals surface area contributed by atoms with Gasteiger partial charge >= 0.3 is 0 Å². The van der Waals surface area contributed by atoms with Gasteiger partial charge in [-0.2, -0.15) is 0 Å². The van der Waals surface area contributed by atoms with Gasteiger partial charge in [0.15, 0.2) is 0 Å². The zero-order chi connectivity index (χ0) is 6.53. The molecule has 0 saturated heterocycles. The lowest BCUT2D eigenvalue weighted by Gasteiger charge is -1.83. The summed E-state index contributed by atoms with van der Waals surface area (Å²) in [6.07, 6.45) is 13.2. The fourth-order valence-electron chi connectivity index (χ4n) is 0.854. The Morgan fingerprint density at radius 2 is 2.56 bits per heavy atom. The van der Waals surface area contributed by atoms with Gasteiger partial charge in [0.1, 0.15) is 0 Å². The molecule has 0 heterocycles. The van der Waals surface area contributed by atoms with E-state index >= 15 is 0 Å². The van der Waals surface area contributed by atoms with Gasteiger partial charge in [0, 0.05) is 0 Å². The molecule has 0 heteroatoms. The van der Waals surface area contributed by atoms with Gasteiger partial charge in [-0.3, -0.25) is 0 Å². The Labute approximate surface area is 56.6 Å². The number of hydrogen-bond acceptors (Lipinski definition) is 0. The van der Waals surface area contributed by atoms with Crippen LogP contribution in [0.5, 0.6) is 0 Å². The topological polar surface area (TPSA) is 0 Å². The molecular formula is C9H12. The van der Waals surface area contributed by atoms with Crippen molar-refractivity contribution in [3.63, 3.8) is 0 Å². The molecule has 0 amide bonds. The van der Waals surface area contributed by atoms with Crippen molar-refractivity contribution < 1.29 is 0 Å². The zero-order valence-electron chi connectivity index (χ0n) is 5.80. The molecule has 0 saturated carbocycles. The summed E-state index contributed by atoms with van der Waals surface area (Å²) in [7, 11) is 0. The molecule has 1 aliphatic carbocycles. The predicted octanol–water partition coefficient (Wildman–Crippen LogP) is 2.84. The first-order valence-corrected chi connectivity index (χ1v) is 3.46. The van der Waals surface area contributed by atoms with Crippen LogP contribution in [-0.2, 0) is 0 Å². The van der Waals surface area contributed by atoms with Crippen LogP contribution in [0, 0.1) is 0 Å². The third-order valence-electron chi connectivity index (χ3n) is 1.35. The second-order valence-electron chi connectivity index (χ2n) is 2.15. The van der Waals surface area contributed by atoms with E-state index in [9.17, 15) is 0 Å². The first kappa shape index (κ1) is 6.34. The van der Waals surface area contributed by atoms with E-state index in [1.807, 2.05) is 0 Å². The molecule has 0 unspecified atom stereocenters. The summed E-state index contributed by atoms with van der Waals surface area (Å²) in [5.41, 5.74) is 1.36. The summed E-state index contributed by atoms with van der Waals surface area (Å²) in [5.74, 6) is 0. The van der Waals surface area contributed by atoms with Crippen molar-refractivity contribution in [2.24, 2.45) is 0 Å². The van der Waals surface area contributed by atoms with Crippen molar-refractivity contribution in [3.05, 3.63) is 36.0 Å². The Hall–Kier alpha value is -0.780. The van der Waals surface area contributed by atoms with Crippen LogP contribution in [0.2, 0.25) is 0 Å². The smallest absolute Gasteiger partial charge is 0.0157 e. The Bertz CT molecular complexity index is 159. The quantitative estimate of drug-likeness (QED) is 0.525. The molecule has 0 atom stereocenters. The first-order valence-electron chi connectivity index (χ1n) is 3.46. The fourth-order valence-corrected chi connectivity index (χ4v) is 0.854. The second-order valence-corrected chi connectivity index (χ2v) is 2.15. The van der Waals surface area contributed by atoms with E-state index in [-0.39, 0.29) is 0 Å². The molecule has 0 bridgehead atoms. The highest BCUT2D eigenvalue weighted by Crippen LogP contribution is 2.09. The van der Waals surface area contributed by atoms with Crippen LogP contribution in [-0.4, -0.2) is 0 Å². The maximum absolute atomic E-state index is 2.23. The van der Waals surface area contributed by atoms with Crippen LogP contribution in [0.25, 0.3) is 0 Å². The van der Waals surface area contributed by atoms with Gasteiger partial charge in [0.05, 0.1) is 0 Å². The number of allylic oxidation sites excluding steroid dienone is 6. The minimum atomic E-state index is 1.11. The van der Waals surface area contributed by atoms with Crippen LogP contribution in [0.3, 0.4) is 0 Å². The summed E-state index contributed by atoms with van der Waals surface area (Å²) >= 11 is 0. The maximum Gasteiger partial charge on any atom is -0.0157 e. The predicted molar refractivity (Wildman–Crippen MR) is 41.3 cm³/mol. The molecule has 0 aromatic rings. The summed E-state index contributed by atoms with van der Waals surface area (Å²) in [4.78, 5) is 0. The lowest BCUT2D eigenvalue weighted by atomic mass is 10.2. The van der Waals surface area contributed by atoms with Crippen molar-refractivity contribution in [2.75, 3.05) is 0 Å². The molecule has 48 valence electrons.